The summed E-state index contributed by atoms with van der Waals surface area (Å²) in [5, 5.41) is 1.65. The lowest BCUT2D eigenvalue weighted by molar-refractivity contribution is -0.684. The number of pyridine rings is 1. The van der Waals surface area contributed by atoms with Gasteiger partial charge in [-0.25, -0.2) is 92.6 Å². The molecule has 26 heteroatoms. The minimum absolute atomic E-state index is 0.0192. The Morgan fingerprint density at radius 2 is 0.725 bits per heavy atom. The van der Waals surface area contributed by atoms with Crippen LogP contribution in [0.4, 0.5) is 87.8 Å². The number of benzene rings is 6. The van der Waals surface area contributed by atoms with Crippen LogP contribution in [-0.4, -0.2) is 23.8 Å². The highest BCUT2D eigenvalue weighted by Gasteiger charge is 2.52. The number of Topliss-reactive ketones (excluding diaryl/α,β-unsaturated/α-hetero) is 1. The van der Waals surface area contributed by atoms with Gasteiger partial charge >= 0.3 is 5.97 Å². The lowest BCUT2D eigenvalue weighted by Crippen LogP contribution is -2.81. The standard InChI is InChI=1S/C24BF20.C19H15NO3S/c26-5-1(6(27)14(35)21(42)13(5)34)25(2-7(28)15(36)22(43)16(37)8(2)29,3-9(30)17(38)23(44)18(39)10(3)31)4-11(32)19(40)24(45)20(41)12(4)33;21-17(15-7-2-1-3-8-15)12-20-11-10-14-6-4-5-9-16(14)18(20)19(22)23-13-24/h;1-11H,12-13H2/q-1;/p+1. The van der Waals surface area contributed by atoms with Crippen LogP contribution in [0.2, 0.25) is 0 Å². The van der Waals surface area contributed by atoms with Crippen molar-refractivity contribution in [1.82, 2.24) is 0 Å². The van der Waals surface area contributed by atoms with E-state index in [2.05, 4.69) is 12.6 Å². The van der Waals surface area contributed by atoms with Crippen LogP contribution in [0, 0.1) is 116 Å². The molecule has 69 heavy (non-hydrogen) atoms. The molecule has 0 saturated heterocycles. The molecule has 7 rings (SSSR count). The molecule has 0 saturated carbocycles. The first-order valence-corrected chi connectivity index (χ1v) is 19.0. The van der Waals surface area contributed by atoms with Crippen molar-refractivity contribution in [1.29, 1.82) is 0 Å². The summed E-state index contributed by atoms with van der Waals surface area (Å²) in [5.41, 5.74) is -13.4. The van der Waals surface area contributed by atoms with E-state index in [0.29, 0.717) is 11.3 Å². The smallest absolute Gasteiger partial charge is 0.405 e. The van der Waals surface area contributed by atoms with Gasteiger partial charge in [0.05, 0.1) is 5.39 Å². The Hall–Kier alpha value is -7.12. The van der Waals surface area contributed by atoms with E-state index in [0.717, 1.165) is 10.8 Å². The molecule has 0 spiro atoms. The van der Waals surface area contributed by atoms with Crippen LogP contribution in [0.1, 0.15) is 20.8 Å². The molecule has 7 aromatic rings. The summed E-state index contributed by atoms with van der Waals surface area (Å²) in [6.07, 6.45) is -5.48. The van der Waals surface area contributed by atoms with Gasteiger partial charge in [0.2, 0.25) is 12.3 Å². The Labute approximate surface area is 376 Å². The predicted molar refractivity (Wildman–Crippen MR) is 203 cm³/mol. The zero-order valence-corrected chi connectivity index (χ0v) is 33.9. The van der Waals surface area contributed by atoms with Gasteiger partial charge in [0.15, 0.2) is 76.0 Å². The van der Waals surface area contributed by atoms with Gasteiger partial charge in [0, 0.05) is 11.6 Å². The highest BCUT2D eigenvalue weighted by atomic mass is 32.1. The average Bonchev–Trinajstić information content (AvgIpc) is 3.34. The van der Waals surface area contributed by atoms with Gasteiger partial charge in [-0.1, -0.05) is 48.5 Å². The largest absolute Gasteiger partial charge is 0.447 e. The number of hydrogen-bond donors (Lipinski definition) is 1. The van der Waals surface area contributed by atoms with Gasteiger partial charge in [-0.2, -0.15) is 4.57 Å². The van der Waals surface area contributed by atoms with E-state index in [9.17, 15) is 62.3 Å². The molecule has 0 aliphatic carbocycles. The Bertz CT molecular complexity index is 2890. The molecule has 360 valence electrons. The number of fused-ring (bicyclic) bond motifs is 1. The molecule has 1 heterocycles. The number of rotatable bonds is 9. The second-order valence-electron chi connectivity index (χ2n) is 14.0. The fraction of sp³-hybridized carbons (Fsp3) is 0.0465. The van der Waals surface area contributed by atoms with E-state index in [1.165, 1.54) is 0 Å². The number of carbonyl (C=O) groups excluding carboxylic acids is 2. The molecule has 0 bridgehead atoms. The summed E-state index contributed by atoms with van der Waals surface area (Å²) >= 11 is 3.95. The number of carbonyl (C=O) groups is 2. The van der Waals surface area contributed by atoms with Gasteiger partial charge < -0.3 is 4.74 Å². The van der Waals surface area contributed by atoms with Crippen LogP contribution in [-0.2, 0) is 11.3 Å². The minimum atomic E-state index is -7.22. The van der Waals surface area contributed by atoms with Crippen molar-refractivity contribution >= 4 is 63.2 Å². The van der Waals surface area contributed by atoms with Crippen LogP contribution < -0.4 is 26.4 Å². The van der Waals surface area contributed by atoms with Gasteiger partial charge in [0.25, 0.3) is 5.69 Å². The van der Waals surface area contributed by atoms with E-state index in [1.54, 1.807) is 22.9 Å². The van der Waals surface area contributed by atoms with Crippen molar-refractivity contribution in [2.45, 2.75) is 6.54 Å². The third kappa shape index (κ3) is 8.26. The number of esters is 1. The van der Waals surface area contributed by atoms with Gasteiger partial charge in [-0.15, -0.1) is 34.5 Å². The second kappa shape index (κ2) is 19.5. The maximum Gasteiger partial charge on any atom is 0.405 e. The topological polar surface area (TPSA) is 47.2 Å². The van der Waals surface area contributed by atoms with Crippen molar-refractivity contribution in [3.63, 3.8) is 0 Å². The summed E-state index contributed by atoms with van der Waals surface area (Å²) in [4.78, 5) is 24.9. The molecule has 0 N–H and O–H groups in total. The number of nitrogens with zero attached hydrogens (tertiary/aromatic N) is 1. The van der Waals surface area contributed by atoms with E-state index in [1.807, 2.05) is 48.5 Å². The van der Waals surface area contributed by atoms with Crippen LogP contribution in [0.25, 0.3) is 10.8 Å². The number of aromatic nitrogens is 1. The zero-order chi connectivity index (χ0) is 51.3. The SMILES string of the molecule is Fc1c(F)c(F)c([B-](c2c(F)c(F)c(F)c(F)c2F)(c2c(F)c(F)c(F)c(F)c2F)c2c(F)c(F)c(F)c(F)c2F)c(F)c1F.O=C(C[n+]1ccc2ccccc2c1C(=O)OCS)c1ccccc1. The van der Waals surface area contributed by atoms with Gasteiger partial charge in [-0.3, -0.25) is 4.79 Å². The van der Waals surface area contributed by atoms with Crippen LogP contribution in [0.5, 0.6) is 0 Å². The van der Waals surface area contributed by atoms with Crippen molar-refractivity contribution in [2.24, 2.45) is 0 Å². The number of ether oxygens (including phenoxy) is 1. The maximum atomic E-state index is 15.4. The fourth-order valence-electron chi connectivity index (χ4n) is 7.49. The van der Waals surface area contributed by atoms with E-state index >= 15 is 35.1 Å². The molecule has 6 aromatic carbocycles. The van der Waals surface area contributed by atoms with Gasteiger partial charge in [0.1, 0.15) is 58.6 Å². The average molecular weight is 1020 g/mol. The minimum Gasteiger partial charge on any atom is -0.447 e. The quantitative estimate of drug-likeness (QED) is 0.0181. The first-order chi connectivity index (χ1) is 32.4. The summed E-state index contributed by atoms with van der Waals surface area (Å²) in [6.45, 7) is 0.0614. The van der Waals surface area contributed by atoms with Gasteiger partial charge in [-0.05, 0) is 11.5 Å². The molecule has 0 unspecified atom stereocenters. The summed E-state index contributed by atoms with van der Waals surface area (Å²) < 4.78 is 301. The normalized spacial score (nSPS) is 11.5. The summed E-state index contributed by atoms with van der Waals surface area (Å²) in [7, 11) is 0. The summed E-state index contributed by atoms with van der Waals surface area (Å²) in [6, 6.07) is 18.4. The van der Waals surface area contributed by atoms with Crippen LogP contribution in [0.15, 0.2) is 66.9 Å². The summed E-state index contributed by atoms with van der Waals surface area (Å²) in [5.74, 6) is -72.0. The van der Waals surface area contributed by atoms with Crippen molar-refractivity contribution in [3.05, 3.63) is 194 Å². The number of ketones is 1. The molecule has 4 nitrogen and oxygen atoms in total. The number of halogens is 20. The molecular weight excluding hydrogens is 1000 g/mol. The molecule has 1 aromatic heterocycles. The highest BCUT2D eigenvalue weighted by molar-refractivity contribution is 7.80. The van der Waals surface area contributed by atoms with Crippen molar-refractivity contribution in [2.75, 3.05) is 5.94 Å². The molecule has 0 amide bonds. The molecule has 0 radical (unpaired) electrons. The fourth-order valence-corrected chi connectivity index (χ4v) is 7.61. The Morgan fingerprint density at radius 3 is 1.06 bits per heavy atom. The monoisotopic (exact) mass is 1020 g/mol. The molecular formula is C43H16BF20NO3S. The van der Waals surface area contributed by atoms with Crippen LogP contribution in [0.3, 0.4) is 0 Å². The third-order valence-corrected chi connectivity index (χ3v) is 10.6. The lowest BCUT2D eigenvalue weighted by atomic mass is 9.12. The highest BCUT2D eigenvalue weighted by Crippen LogP contribution is 2.31. The predicted octanol–water partition coefficient (Wildman–Crippen LogP) is 8.90. The number of thiol groups is 1. The maximum absolute atomic E-state index is 15.4. The first kappa shape index (κ1) is 51.3. The zero-order valence-electron chi connectivity index (χ0n) is 33.0. The van der Waals surface area contributed by atoms with Crippen LogP contribution >= 0.6 is 12.6 Å². The second-order valence-corrected chi connectivity index (χ2v) is 14.3. The van der Waals surface area contributed by atoms with E-state index in [-0.39, 0.29) is 18.3 Å². The number of hydrogen-bond acceptors (Lipinski definition) is 4. The van der Waals surface area contributed by atoms with E-state index < -0.39 is 150 Å². The third-order valence-electron chi connectivity index (χ3n) is 10.4. The molecule has 0 fully saturated rings. The molecule has 0 aliphatic heterocycles. The Morgan fingerprint density at radius 1 is 0.420 bits per heavy atom. The van der Waals surface area contributed by atoms with Crippen molar-refractivity contribution < 1.29 is 107 Å². The molecule has 0 atom stereocenters. The molecule has 0 aliphatic rings. The van der Waals surface area contributed by atoms with Crippen molar-refractivity contribution in [3.8, 4) is 0 Å². The first-order valence-electron chi connectivity index (χ1n) is 18.4. The Kier molecular flexibility index (Phi) is 14.5. The lowest BCUT2D eigenvalue weighted by Gasteiger charge is -2.44. The van der Waals surface area contributed by atoms with E-state index in [4.69, 9.17) is 4.74 Å². The Balaban J connectivity index is 0.000000273.